The first-order chi connectivity index (χ1) is 11.8. The molecule has 0 radical (unpaired) electrons. The molecule has 2 aromatic carbocycles. The van der Waals surface area contributed by atoms with Crippen LogP contribution < -0.4 is 10.6 Å². The number of carboxylic acids is 2. The number of urea groups is 1. The smallest absolute Gasteiger partial charge is 0.335 e. The second-order valence-electron chi connectivity index (χ2n) is 4.76. The van der Waals surface area contributed by atoms with E-state index in [1.54, 1.807) is 0 Å². The zero-order valence-corrected chi connectivity index (χ0v) is 12.4. The van der Waals surface area contributed by atoms with Gasteiger partial charge in [0.15, 0.2) is 0 Å². The molecule has 2 aromatic rings. The maximum absolute atomic E-state index is 12.0. The molecule has 0 fully saturated rings. The number of para-hydroxylation sites is 2. The first kappa shape index (κ1) is 17.4. The summed E-state index contributed by atoms with van der Waals surface area (Å²) in [6.45, 7) is 0. The Morgan fingerprint density at radius 1 is 0.920 bits per heavy atom. The van der Waals surface area contributed by atoms with Crippen LogP contribution in [-0.4, -0.2) is 33.1 Å². The Balaban J connectivity index is 2.25. The minimum Gasteiger partial charge on any atom is -0.478 e. The summed E-state index contributed by atoms with van der Waals surface area (Å²) in [6, 6.07) is 7.59. The summed E-state index contributed by atoms with van der Waals surface area (Å²) in [5, 5.41) is 33.4. The van der Waals surface area contributed by atoms with Crippen molar-refractivity contribution in [2.75, 3.05) is 10.6 Å². The summed E-state index contributed by atoms with van der Waals surface area (Å²) in [4.78, 5) is 44.3. The van der Waals surface area contributed by atoms with Gasteiger partial charge in [0, 0.05) is 11.8 Å². The predicted octanol–water partition coefficient (Wildman–Crippen LogP) is 2.64. The Morgan fingerprint density at radius 2 is 1.48 bits per heavy atom. The topological polar surface area (TPSA) is 159 Å². The van der Waals surface area contributed by atoms with Crippen LogP contribution in [0.4, 0.5) is 21.9 Å². The second-order valence-corrected chi connectivity index (χ2v) is 4.76. The molecule has 128 valence electrons. The standard InChI is InChI=1S/C15H11N3O7/c19-13(20)8-5-9(14(21)22)7-10(6-8)16-15(23)17-11-3-1-2-4-12(11)18(24)25/h1-7H,(H,19,20)(H,21,22)(H2,16,17,23). The zero-order valence-electron chi connectivity index (χ0n) is 12.4. The lowest BCUT2D eigenvalue weighted by Crippen LogP contribution is -2.20. The van der Waals surface area contributed by atoms with E-state index >= 15 is 0 Å². The molecular formula is C15H11N3O7. The fraction of sp³-hybridized carbons (Fsp3) is 0. The number of aromatic carboxylic acids is 2. The van der Waals surface area contributed by atoms with Gasteiger partial charge in [0.05, 0.1) is 16.1 Å². The number of nitrogens with zero attached hydrogens (tertiary/aromatic N) is 1. The Hall–Kier alpha value is -3.95. The number of carboxylic acid groups (broad SMARTS) is 2. The van der Waals surface area contributed by atoms with Crippen LogP contribution in [0, 0.1) is 10.1 Å². The highest BCUT2D eigenvalue weighted by atomic mass is 16.6. The average molecular weight is 345 g/mol. The molecule has 0 spiro atoms. The number of rotatable bonds is 5. The van der Waals surface area contributed by atoms with Gasteiger partial charge in [0.25, 0.3) is 5.69 Å². The number of nitro groups is 1. The van der Waals surface area contributed by atoms with E-state index < -0.39 is 22.9 Å². The number of hydrogen-bond acceptors (Lipinski definition) is 5. The molecular weight excluding hydrogens is 334 g/mol. The first-order valence-corrected chi connectivity index (χ1v) is 6.71. The normalized spacial score (nSPS) is 9.92. The number of carbonyl (C=O) groups is 3. The third kappa shape index (κ3) is 4.28. The number of benzene rings is 2. The average Bonchev–Trinajstić information content (AvgIpc) is 2.54. The van der Waals surface area contributed by atoms with Gasteiger partial charge in [-0.2, -0.15) is 0 Å². The summed E-state index contributed by atoms with van der Waals surface area (Å²) in [7, 11) is 0. The van der Waals surface area contributed by atoms with E-state index in [0.29, 0.717) is 0 Å². The molecule has 0 aliphatic heterocycles. The van der Waals surface area contributed by atoms with Gasteiger partial charge in [-0.05, 0) is 24.3 Å². The van der Waals surface area contributed by atoms with Crippen molar-refractivity contribution in [3.63, 3.8) is 0 Å². The fourth-order valence-corrected chi connectivity index (χ4v) is 1.97. The Kier molecular flexibility index (Phi) is 4.93. The Morgan fingerprint density at radius 3 is 2.00 bits per heavy atom. The largest absolute Gasteiger partial charge is 0.478 e. The molecule has 0 bridgehead atoms. The van der Waals surface area contributed by atoms with E-state index in [4.69, 9.17) is 10.2 Å². The van der Waals surface area contributed by atoms with Gasteiger partial charge < -0.3 is 20.8 Å². The van der Waals surface area contributed by atoms with Crippen LogP contribution >= 0.6 is 0 Å². The molecule has 10 nitrogen and oxygen atoms in total. The summed E-state index contributed by atoms with van der Waals surface area (Å²) in [6.07, 6.45) is 0. The van der Waals surface area contributed by atoms with E-state index in [1.165, 1.54) is 24.3 Å². The molecule has 2 amide bonds. The van der Waals surface area contributed by atoms with Crippen LogP contribution in [0.25, 0.3) is 0 Å². The molecule has 2 rings (SSSR count). The highest BCUT2D eigenvalue weighted by Crippen LogP contribution is 2.23. The number of carbonyl (C=O) groups excluding carboxylic acids is 1. The van der Waals surface area contributed by atoms with Gasteiger partial charge >= 0.3 is 18.0 Å². The van der Waals surface area contributed by atoms with Crippen LogP contribution in [0.5, 0.6) is 0 Å². The van der Waals surface area contributed by atoms with Crippen LogP contribution in [0.1, 0.15) is 20.7 Å². The molecule has 4 N–H and O–H groups in total. The molecule has 0 aliphatic carbocycles. The van der Waals surface area contributed by atoms with Gasteiger partial charge in [-0.25, -0.2) is 14.4 Å². The molecule has 0 atom stereocenters. The van der Waals surface area contributed by atoms with Crippen molar-refractivity contribution < 1.29 is 29.5 Å². The Labute approximate surface area is 139 Å². The molecule has 0 saturated heterocycles. The fourth-order valence-electron chi connectivity index (χ4n) is 1.97. The number of hydrogen-bond donors (Lipinski definition) is 4. The van der Waals surface area contributed by atoms with Gasteiger partial charge in [0.1, 0.15) is 5.69 Å². The van der Waals surface area contributed by atoms with Crippen molar-refractivity contribution in [3.8, 4) is 0 Å². The quantitative estimate of drug-likeness (QED) is 0.478. The van der Waals surface area contributed by atoms with Crippen LogP contribution in [0.3, 0.4) is 0 Å². The molecule has 0 saturated carbocycles. The van der Waals surface area contributed by atoms with Crippen molar-refractivity contribution >= 4 is 35.0 Å². The third-order valence-corrected chi connectivity index (χ3v) is 3.03. The van der Waals surface area contributed by atoms with Crippen LogP contribution in [0.2, 0.25) is 0 Å². The lowest BCUT2D eigenvalue weighted by atomic mass is 10.1. The highest BCUT2D eigenvalue weighted by Gasteiger charge is 2.16. The first-order valence-electron chi connectivity index (χ1n) is 6.71. The second kappa shape index (κ2) is 7.08. The highest BCUT2D eigenvalue weighted by molar-refractivity contribution is 6.03. The molecule has 10 heteroatoms. The monoisotopic (exact) mass is 345 g/mol. The van der Waals surface area contributed by atoms with Crippen molar-refractivity contribution in [2.24, 2.45) is 0 Å². The van der Waals surface area contributed by atoms with E-state index in [-0.39, 0.29) is 28.2 Å². The van der Waals surface area contributed by atoms with Crippen molar-refractivity contribution in [1.82, 2.24) is 0 Å². The summed E-state index contributed by atoms with van der Waals surface area (Å²) < 4.78 is 0. The summed E-state index contributed by atoms with van der Waals surface area (Å²) >= 11 is 0. The number of nitrogens with one attached hydrogen (secondary N) is 2. The summed E-state index contributed by atoms with van der Waals surface area (Å²) in [5.41, 5.74) is -1.16. The molecule has 25 heavy (non-hydrogen) atoms. The van der Waals surface area contributed by atoms with E-state index in [1.807, 2.05) is 0 Å². The van der Waals surface area contributed by atoms with E-state index in [0.717, 1.165) is 18.2 Å². The minimum absolute atomic E-state index is 0.0714. The molecule has 0 unspecified atom stereocenters. The maximum Gasteiger partial charge on any atom is 0.335 e. The van der Waals surface area contributed by atoms with Crippen LogP contribution in [-0.2, 0) is 0 Å². The Bertz CT molecular complexity index is 847. The number of anilines is 2. The van der Waals surface area contributed by atoms with Gasteiger partial charge in [-0.15, -0.1) is 0 Å². The number of amides is 2. The summed E-state index contributed by atoms with van der Waals surface area (Å²) in [5.74, 6) is -2.74. The predicted molar refractivity (Wildman–Crippen MR) is 86.1 cm³/mol. The molecule has 0 aliphatic rings. The maximum atomic E-state index is 12.0. The lowest BCUT2D eigenvalue weighted by Gasteiger charge is -2.09. The van der Waals surface area contributed by atoms with Gasteiger partial charge in [-0.3, -0.25) is 10.1 Å². The van der Waals surface area contributed by atoms with E-state index in [2.05, 4.69) is 10.6 Å². The van der Waals surface area contributed by atoms with Crippen molar-refractivity contribution in [1.29, 1.82) is 0 Å². The molecule has 0 aromatic heterocycles. The molecule has 0 heterocycles. The number of nitro benzene ring substituents is 1. The zero-order chi connectivity index (χ0) is 18.6. The van der Waals surface area contributed by atoms with Gasteiger partial charge in [0.2, 0.25) is 0 Å². The van der Waals surface area contributed by atoms with Crippen molar-refractivity contribution in [2.45, 2.75) is 0 Å². The van der Waals surface area contributed by atoms with Gasteiger partial charge in [-0.1, -0.05) is 12.1 Å². The minimum atomic E-state index is -1.37. The third-order valence-electron chi connectivity index (χ3n) is 3.03. The SMILES string of the molecule is O=C(Nc1cc(C(=O)O)cc(C(=O)O)c1)Nc1ccccc1[N+](=O)[O-]. The lowest BCUT2D eigenvalue weighted by molar-refractivity contribution is -0.383. The van der Waals surface area contributed by atoms with E-state index in [9.17, 15) is 24.5 Å². The van der Waals surface area contributed by atoms with Crippen molar-refractivity contribution in [3.05, 3.63) is 63.7 Å². The van der Waals surface area contributed by atoms with Crippen LogP contribution in [0.15, 0.2) is 42.5 Å².